The van der Waals surface area contributed by atoms with Gasteiger partial charge >= 0.3 is 0 Å². The molecule has 1 saturated carbocycles. The fourth-order valence-corrected chi connectivity index (χ4v) is 7.98. The molecule has 1 N–H and O–H groups in total. The number of carbonyl (C=O) groups excluding carboxylic acids is 4. The summed E-state index contributed by atoms with van der Waals surface area (Å²) in [6, 6.07) is 9.91. The molecule has 0 spiro atoms. The molecule has 7 rings (SSSR count). The number of benzene rings is 2. The second-order valence-corrected chi connectivity index (χ2v) is 15.6. The Morgan fingerprint density at radius 2 is 1.58 bits per heavy atom. The molecule has 3 aromatic rings. The Labute approximate surface area is 308 Å². The van der Waals surface area contributed by atoms with Gasteiger partial charge in [0.25, 0.3) is 11.8 Å². The van der Waals surface area contributed by atoms with Gasteiger partial charge < -0.3 is 34.4 Å². The monoisotopic (exact) mass is 727 g/mol. The van der Waals surface area contributed by atoms with Crippen molar-refractivity contribution in [1.29, 1.82) is 0 Å². The number of halogens is 1. The number of hydrogen-bond donors (Lipinski definition) is 1. The summed E-state index contributed by atoms with van der Waals surface area (Å²) in [6.07, 6.45) is 3.34. The Morgan fingerprint density at radius 3 is 2.28 bits per heavy atom. The van der Waals surface area contributed by atoms with Crippen LogP contribution in [0.4, 0.5) is 10.3 Å². The van der Waals surface area contributed by atoms with Crippen molar-refractivity contribution in [2.75, 3.05) is 57.8 Å². The van der Waals surface area contributed by atoms with E-state index in [1.807, 2.05) is 4.90 Å². The molecule has 4 amide bonds. The minimum absolute atomic E-state index is 0.0317. The normalized spacial score (nSPS) is 23.1. The highest BCUT2D eigenvalue weighted by Gasteiger charge is 2.69. The lowest BCUT2D eigenvalue weighted by molar-refractivity contribution is -0.139. The lowest BCUT2D eigenvalue weighted by Crippen LogP contribution is -2.58. The van der Waals surface area contributed by atoms with E-state index in [1.54, 1.807) is 34.3 Å². The van der Waals surface area contributed by atoms with Crippen LogP contribution in [0.5, 0.6) is 11.5 Å². The van der Waals surface area contributed by atoms with E-state index in [0.717, 1.165) is 0 Å². The average Bonchev–Trinajstić information content (AvgIpc) is 3.56. The Kier molecular flexibility index (Phi) is 9.60. The van der Waals surface area contributed by atoms with Crippen molar-refractivity contribution in [3.63, 3.8) is 0 Å². The molecule has 3 fully saturated rings. The third kappa shape index (κ3) is 7.28. The molecule has 2 saturated heterocycles. The quantitative estimate of drug-likeness (QED) is 0.428. The van der Waals surface area contributed by atoms with Gasteiger partial charge in [0, 0.05) is 81.8 Å². The number of ether oxygens (including phenoxy) is 2. The number of anilines is 1. The van der Waals surface area contributed by atoms with Gasteiger partial charge in [-0.1, -0.05) is 27.7 Å². The summed E-state index contributed by atoms with van der Waals surface area (Å²) in [5.74, 6) is -0.950. The first-order valence-corrected chi connectivity index (χ1v) is 18.1. The van der Waals surface area contributed by atoms with E-state index in [4.69, 9.17) is 9.47 Å². The van der Waals surface area contributed by atoms with Gasteiger partial charge in [-0.15, -0.1) is 0 Å². The maximum Gasteiger partial charge on any atom is 0.254 e. The molecule has 0 radical (unpaired) electrons. The standard InChI is InChI=1S/C39H46FN7O6/c1-38(2)33(39(38,3)4)36(51)47-10-7-31-30(21-47)43-32(48)22-44(5)34(49)25-17-26(19-29(18-25)53-28-16-24(23-52-31)15-27(40)20-28)35(50)45-11-13-46(14-12-45)37-41-8-6-9-42-37/h6,8-9,15-20,30-31,33H,7,10-14,21-23H2,1-5H3,(H,43,48)/t30-,31+/m1/s1. The molecule has 14 heteroatoms. The molecule has 2 aromatic carbocycles. The number of carbonyl (C=O) groups is 4. The number of nitrogens with one attached hydrogen (secondary N) is 1. The molecule has 13 nitrogen and oxygen atoms in total. The number of nitrogens with zero attached hydrogens (tertiary/aromatic N) is 6. The Bertz CT molecular complexity index is 1900. The molecular weight excluding hydrogens is 681 g/mol. The number of likely N-dealkylation sites (tertiary alicyclic amines) is 1. The summed E-state index contributed by atoms with van der Waals surface area (Å²) in [5.41, 5.74) is 0.560. The van der Waals surface area contributed by atoms with Gasteiger partial charge in [-0.05, 0) is 59.2 Å². The van der Waals surface area contributed by atoms with Crippen LogP contribution < -0.4 is 15.0 Å². The maximum absolute atomic E-state index is 15.0. The molecule has 4 aliphatic rings. The number of aromatic nitrogens is 2. The topological polar surface area (TPSA) is 138 Å². The fraction of sp³-hybridized carbons (Fsp3) is 0.487. The van der Waals surface area contributed by atoms with Crippen LogP contribution in [0, 0.1) is 22.6 Å². The summed E-state index contributed by atoms with van der Waals surface area (Å²) in [4.78, 5) is 70.3. The predicted molar refractivity (Wildman–Crippen MR) is 193 cm³/mol. The lowest BCUT2D eigenvalue weighted by atomic mass is 10.00. The van der Waals surface area contributed by atoms with Crippen molar-refractivity contribution < 1.29 is 33.0 Å². The zero-order valence-corrected chi connectivity index (χ0v) is 30.8. The second kappa shape index (κ2) is 14.0. The molecule has 0 unspecified atom stereocenters. The third-order valence-electron chi connectivity index (χ3n) is 11.6. The largest absolute Gasteiger partial charge is 0.457 e. The summed E-state index contributed by atoms with van der Waals surface area (Å²) < 4.78 is 27.4. The van der Waals surface area contributed by atoms with E-state index >= 15 is 0 Å². The van der Waals surface area contributed by atoms with Crippen LogP contribution in [-0.2, 0) is 20.9 Å². The smallest absolute Gasteiger partial charge is 0.254 e. The SMILES string of the molecule is CN1CC(=O)N[C@@H]2CN(C(=O)C3C(C)(C)C3(C)C)CC[C@@H]2OCc2cc(F)cc(c2)Oc2cc(cc(C(=O)N3CCN(c4ncccn4)CC3)c2)C1=O. The van der Waals surface area contributed by atoms with Gasteiger partial charge in [0.2, 0.25) is 17.8 Å². The van der Waals surface area contributed by atoms with Crippen molar-refractivity contribution in [3.8, 4) is 11.5 Å². The predicted octanol–water partition coefficient (Wildman–Crippen LogP) is 3.74. The summed E-state index contributed by atoms with van der Waals surface area (Å²) in [7, 11) is 1.51. The maximum atomic E-state index is 15.0. The highest BCUT2D eigenvalue weighted by Crippen LogP contribution is 2.68. The van der Waals surface area contributed by atoms with Gasteiger partial charge in [-0.25, -0.2) is 14.4 Å². The first kappa shape index (κ1) is 36.3. The lowest BCUT2D eigenvalue weighted by Gasteiger charge is -2.39. The minimum Gasteiger partial charge on any atom is -0.457 e. The highest BCUT2D eigenvalue weighted by molar-refractivity contribution is 6.01. The average molecular weight is 728 g/mol. The van der Waals surface area contributed by atoms with E-state index < -0.39 is 29.8 Å². The number of fused-ring (bicyclic) bond motifs is 5. The van der Waals surface area contributed by atoms with Gasteiger partial charge in [0.05, 0.1) is 25.3 Å². The van der Waals surface area contributed by atoms with Crippen LogP contribution in [0.1, 0.15) is 60.4 Å². The molecule has 3 aliphatic heterocycles. The van der Waals surface area contributed by atoms with E-state index in [2.05, 4.69) is 43.0 Å². The minimum atomic E-state index is -0.563. The molecule has 280 valence electrons. The zero-order valence-electron chi connectivity index (χ0n) is 30.8. The molecule has 4 bridgehead atoms. The Morgan fingerprint density at radius 1 is 0.887 bits per heavy atom. The van der Waals surface area contributed by atoms with Gasteiger partial charge in [-0.3, -0.25) is 19.2 Å². The molecule has 53 heavy (non-hydrogen) atoms. The van der Waals surface area contributed by atoms with Crippen LogP contribution in [-0.4, -0.2) is 113 Å². The van der Waals surface area contributed by atoms with Crippen molar-refractivity contribution >= 4 is 29.6 Å². The molecule has 2 atom stereocenters. The third-order valence-corrected chi connectivity index (χ3v) is 11.6. The molecular formula is C39H46FN7O6. The van der Waals surface area contributed by atoms with Crippen LogP contribution in [0.15, 0.2) is 54.9 Å². The second-order valence-electron chi connectivity index (χ2n) is 15.6. The van der Waals surface area contributed by atoms with Crippen molar-refractivity contribution in [2.45, 2.75) is 52.9 Å². The fourth-order valence-electron chi connectivity index (χ4n) is 7.98. The zero-order chi connectivity index (χ0) is 37.7. The van der Waals surface area contributed by atoms with Gasteiger partial charge in [0.15, 0.2) is 0 Å². The molecule has 4 heterocycles. The van der Waals surface area contributed by atoms with Crippen LogP contribution >= 0.6 is 0 Å². The van der Waals surface area contributed by atoms with Crippen molar-refractivity contribution in [3.05, 3.63) is 77.4 Å². The first-order chi connectivity index (χ1) is 25.2. The number of piperidine rings is 1. The number of piperazine rings is 1. The molecule has 1 aliphatic carbocycles. The highest BCUT2D eigenvalue weighted by atomic mass is 19.1. The van der Waals surface area contributed by atoms with Crippen LogP contribution in [0.2, 0.25) is 0 Å². The first-order valence-electron chi connectivity index (χ1n) is 18.1. The number of likely N-dealkylation sites (N-methyl/N-ethyl adjacent to an activating group) is 1. The molecule has 1 aromatic heterocycles. The van der Waals surface area contributed by atoms with E-state index in [-0.39, 0.29) is 70.9 Å². The van der Waals surface area contributed by atoms with Crippen molar-refractivity contribution in [1.82, 2.24) is 30.0 Å². The van der Waals surface area contributed by atoms with E-state index in [9.17, 15) is 23.6 Å². The van der Waals surface area contributed by atoms with E-state index in [1.165, 1.54) is 42.3 Å². The Hall–Kier alpha value is -5.11. The van der Waals surface area contributed by atoms with Crippen LogP contribution in [0.3, 0.4) is 0 Å². The van der Waals surface area contributed by atoms with Crippen LogP contribution in [0.25, 0.3) is 0 Å². The van der Waals surface area contributed by atoms with E-state index in [0.29, 0.717) is 50.7 Å². The summed E-state index contributed by atoms with van der Waals surface area (Å²) >= 11 is 0. The summed E-state index contributed by atoms with van der Waals surface area (Å²) in [5, 5.41) is 3.03. The summed E-state index contributed by atoms with van der Waals surface area (Å²) in [6.45, 7) is 10.7. The van der Waals surface area contributed by atoms with Crippen molar-refractivity contribution in [2.24, 2.45) is 16.7 Å². The number of rotatable bonds is 3. The Balaban J connectivity index is 1.14. The van der Waals surface area contributed by atoms with Gasteiger partial charge in [-0.2, -0.15) is 0 Å². The van der Waals surface area contributed by atoms with Gasteiger partial charge in [0.1, 0.15) is 17.3 Å². The number of hydrogen-bond acceptors (Lipinski definition) is 9. The number of amides is 4.